The second kappa shape index (κ2) is 7.93. The third-order valence-electron chi connectivity index (χ3n) is 3.17. The van der Waals surface area contributed by atoms with Crippen LogP contribution in [0.15, 0.2) is 34.2 Å². The molecule has 0 radical (unpaired) electrons. The van der Waals surface area contributed by atoms with Crippen LogP contribution in [0.25, 0.3) is 0 Å². The topological polar surface area (TPSA) is 117 Å². The Morgan fingerprint density at radius 2 is 2.15 bits per heavy atom. The zero-order valence-electron chi connectivity index (χ0n) is 13.8. The van der Waals surface area contributed by atoms with Gasteiger partial charge in [-0.3, -0.25) is 9.78 Å². The number of nitrogens with zero attached hydrogens (tertiary/aromatic N) is 4. The van der Waals surface area contributed by atoms with Crippen molar-refractivity contribution in [1.82, 2.24) is 20.2 Å². The lowest BCUT2D eigenvalue weighted by atomic mass is 10.3. The van der Waals surface area contributed by atoms with E-state index in [0.717, 1.165) is 5.69 Å². The smallest absolute Gasteiger partial charge is 0.274 e. The average molecular weight is 392 g/mol. The summed E-state index contributed by atoms with van der Waals surface area (Å²) < 4.78 is 5.29. The molecule has 0 aliphatic carbocycles. The number of thiazole rings is 1. The molecule has 2 aromatic heterocycles. The van der Waals surface area contributed by atoms with Gasteiger partial charge in [-0.15, -0.1) is 10.2 Å². The molecular weight excluding hydrogens is 378 g/mol. The van der Waals surface area contributed by atoms with Gasteiger partial charge in [-0.1, -0.05) is 35.1 Å². The Kier molecular flexibility index (Phi) is 5.44. The van der Waals surface area contributed by atoms with Gasteiger partial charge >= 0.3 is 0 Å². The van der Waals surface area contributed by atoms with E-state index in [1.54, 1.807) is 14.0 Å². The Morgan fingerprint density at radius 1 is 1.35 bits per heavy atom. The van der Waals surface area contributed by atoms with Crippen molar-refractivity contribution < 1.29 is 4.74 Å². The summed E-state index contributed by atoms with van der Waals surface area (Å²) in [5.74, 6) is 0.822. The van der Waals surface area contributed by atoms with E-state index >= 15 is 0 Å². The number of methoxy groups -OCH3 is 1. The van der Waals surface area contributed by atoms with Crippen molar-refractivity contribution in [2.24, 2.45) is 5.10 Å². The van der Waals surface area contributed by atoms with E-state index in [2.05, 4.69) is 36.0 Å². The van der Waals surface area contributed by atoms with Crippen LogP contribution in [-0.2, 0) is 0 Å². The lowest BCUT2D eigenvalue weighted by molar-refractivity contribution is 0.417. The molecule has 2 heterocycles. The van der Waals surface area contributed by atoms with Gasteiger partial charge in [0.15, 0.2) is 10.3 Å². The molecule has 0 aliphatic heterocycles. The molecule has 0 atom stereocenters. The van der Waals surface area contributed by atoms with E-state index in [0.29, 0.717) is 20.9 Å². The van der Waals surface area contributed by atoms with E-state index in [1.165, 1.54) is 17.6 Å². The number of aromatic amines is 1. The van der Waals surface area contributed by atoms with Gasteiger partial charge in [0.1, 0.15) is 11.4 Å². The van der Waals surface area contributed by atoms with Crippen LogP contribution >= 0.6 is 22.9 Å². The summed E-state index contributed by atoms with van der Waals surface area (Å²) in [5.41, 5.74) is 3.30. The number of benzene rings is 1. The molecule has 134 valence electrons. The minimum Gasteiger partial charge on any atom is -0.495 e. The molecule has 0 bridgehead atoms. The molecule has 0 amide bonds. The predicted molar refractivity (Wildman–Crippen MR) is 102 cm³/mol. The number of anilines is 3. The van der Waals surface area contributed by atoms with Crippen molar-refractivity contribution in [1.29, 1.82) is 0 Å². The van der Waals surface area contributed by atoms with Crippen LogP contribution in [0.2, 0.25) is 5.15 Å². The summed E-state index contributed by atoms with van der Waals surface area (Å²) in [5, 5.41) is 15.5. The van der Waals surface area contributed by atoms with Crippen molar-refractivity contribution in [2.45, 2.75) is 6.92 Å². The fourth-order valence-electron chi connectivity index (χ4n) is 1.91. The van der Waals surface area contributed by atoms with E-state index in [1.807, 2.05) is 24.3 Å². The molecule has 1 aromatic carbocycles. The summed E-state index contributed by atoms with van der Waals surface area (Å²) in [4.78, 5) is 18.8. The SMILES string of the molecule is COc1ccccc1Nc1nc(Cl)c(/C=N/Nc2nnc(C)c(=O)[nH]2)s1. The maximum Gasteiger partial charge on any atom is 0.274 e. The highest BCUT2D eigenvalue weighted by Gasteiger charge is 2.10. The van der Waals surface area contributed by atoms with E-state index in [4.69, 9.17) is 16.3 Å². The number of H-pyrrole nitrogens is 1. The molecule has 0 fully saturated rings. The number of hydrogen-bond donors (Lipinski definition) is 3. The van der Waals surface area contributed by atoms with Gasteiger partial charge in [0.25, 0.3) is 5.56 Å². The quantitative estimate of drug-likeness (QED) is 0.436. The Balaban J connectivity index is 1.71. The van der Waals surface area contributed by atoms with Gasteiger partial charge in [-0.25, -0.2) is 10.4 Å². The monoisotopic (exact) mass is 391 g/mol. The van der Waals surface area contributed by atoms with Gasteiger partial charge in [-0.05, 0) is 19.1 Å². The number of hydrogen-bond acceptors (Lipinski definition) is 9. The molecule has 11 heteroatoms. The predicted octanol–water partition coefficient (Wildman–Crippen LogP) is 2.78. The van der Waals surface area contributed by atoms with E-state index < -0.39 is 0 Å². The molecular formula is C15H14ClN7O2S. The van der Waals surface area contributed by atoms with Gasteiger partial charge in [0.2, 0.25) is 5.95 Å². The zero-order valence-corrected chi connectivity index (χ0v) is 15.4. The minimum atomic E-state index is -0.336. The zero-order chi connectivity index (χ0) is 18.5. The molecule has 3 N–H and O–H groups in total. The van der Waals surface area contributed by atoms with Crippen LogP contribution in [0.4, 0.5) is 16.8 Å². The first-order valence-corrected chi connectivity index (χ1v) is 8.55. The van der Waals surface area contributed by atoms with Crippen molar-refractivity contribution in [3.05, 3.63) is 50.3 Å². The molecule has 0 aliphatic rings. The summed E-state index contributed by atoms with van der Waals surface area (Å²) in [6.07, 6.45) is 1.48. The number of nitrogens with one attached hydrogen (secondary N) is 3. The second-order valence-electron chi connectivity index (χ2n) is 4.96. The van der Waals surface area contributed by atoms with Crippen LogP contribution in [0.5, 0.6) is 5.75 Å². The maximum absolute atomic E-state index is 11.5. The van der Waals surface area contributed by atoms with Crippen LogP contribution in [-0.4, -0.2) is 33.5 Å². The van der Waals surface area contributed by atoms with E-state index in [9.17, 15) is 4.79 Å². The normalized spacial score (nSPS) is 10.9. The Labute approximate surface area is 157 Å². The first kappa shape index (κ1) is 17.8. The Hall–Kier alpha value is -2.98. The van der Waals surface area contributed by atoms with Gasteiger partial charge in [-0.2, -0.15) is 5.10 Å². The number of para-hydroxylation sites is 2. The maximum atomic E-state index is 11.5. The van der Waals surface area contributed by atoms with Gasteiger partial charge in [0, 0.05) is 0 Å². The third kappa shape index (κ3) is 4.16. The summed E-state index contributed by atoms with van der Waals surface area (Å²) in [7, 11) is 1.59. The van der Waals surface area contributed by atoms with Crippen molar-refractivity contribution in [3.8, 4) is 5.75 Å². The van der Waals surface area contributed by atoms with E-state index in [-0.39, 0.29) is 17.2 Å². The minimum absolute atomic E-state index is 0.129. The first-order valence-electron chi connectivity index (χ1n) is 7.36. The number of aromatic nitrogens is 4. The van der Waals surface area contributed by atoms with Crippen LogP contribution in [0.1, 0.15) is 10.6 Å². The Bertz CT molecular complexity index is 1000. The molecule has 9 nitrogen and oxygen atoms in total. The number of halogens is 1. The summed E-state index contributed by atoms with van der Waals surface area (Å²) >= 11 is 7.44. The standard InChI is InChI=1S/C15H14ClN7O2S/c1-8-13(24)20-14(23-21-8)22-17-7-11-12(16)19-15(26-11)18-9-5-3-4-6-10(9)25-2/h3-7H,1-2H3,(H,18,19)(H2,20,22,23,24)/b17-7+. The highest BCUT2D eigenvalue weighted by Crippen LogP contribution is 2.31. The Morgan fingerprint density at radius 3 is 2.92 bits per heavy atom. The van der Waals surface area contributed by atoms with Crippen LogP contribution < -0.4 is 21.0 Å². The third-order valence-corrected chi connectivity index (χ3v) is 4.48. The average Bonchev–Trinajstić information content (AvgIpc) is 2.98. The lowest BCUT2D eigenvalue weighted by Crippen LogP contribution is -2.15. The molecule has 0 spiro atoms. The van der Waals surface area contributed by atoms with Crippen molar-refractivity contribution in [3.63, 3.8) is 0 Å². The molecule has 0 unspecified atom stereocenters. The molecule has 26 heavy (non-hydrogen) atoms. The van der Waals surface area contributed by atoms with Crippen LogP contribution in [0, 0.1) is 6.92 Å². The second-order valence-corrected chi connectivity index (χ2v) is 6.35. The number of aryl methyl sites for hydroxylation is 1. The number of hydrazone groups is 1. The fourth-order valence-corrected chi connectivity index (χ4v) is 2.95. The van der Waals surface area contributed by atoms with Gasteiger partial charge < -0.3 is 10.1 Å². The highest BCUT2D eigenvalue weighted by molar-refractivity contribution is 7.17. The number of rotatable bonds is 6. The summed E-state index contributed by atoms with van der Waals surface area (Å²) in [6, 6.07) is 7.47. The largest absolute Gasteiger partial charge is 0.495 e. The highest BCUT2D eigenvalue weighted by atomic mass is 35.5. The lowest BCUT2D eigenvalue weighted by Gasteiger charge is -2.07. The molecule has 0 saturated heterocycles. The molecule has 0 saturated carbocycles. The van der Waals surface area contributed by atoms with Crippen molar-refractivity contribution in [2.75, 3.05) is 17.9 Å². The summed E-state index contributed by atoms with van der Waals surface area (Å²) in [6.45, 7) is 1.56. The molecule has 3 aromatic rings. The van der Waals surface area contributed by atoms with Gasteiger partial charge in [0.05, 0.1) is 23.9 Å². The number of ether oxygens (including phenoxy) is 1. The van der Waals surface area contributed by atoms with Crippen molar-refractivity contribution >= 4 is 45.9 Å². The fraction of sp³-hybridized carbons (Fsp3) is 0.133. The van der Waals surface area contributed by atoms with Crippen LogP contribution in [0.3, 0.4) is 0 Å². The first-order chi connectivity index (χ1) is 12.6. The molecule has 3 rings (SSSR count).